The lowest BCUT2D eigenvalue weighted by atomic mass is 9.93. The summed E-state index contributed by atoms with van der Waals surface area (Å²) in [4.78, 5) is 42.0. The lowest BCUT2D eigenvalue weighted by Crippen LogP contribution is -2.55. The predicted molar refractivity (Wildman–Crippen MR) is 153 cm³/mol. The summed E-state index contributed by atoms with van der Waals surface area (Å²) in [6, 6.07) is 10.6. The molecule has 0 saturated carbocycles. The van der Waals surface area contributed by atoms with Gasteiger partial charge < -0.3 is 20.3 Å². The second-order valence-corrected chi connectivity index (χ2v) is 11.2. The van der Waals surface area contributed by atoms with Crippen molar-refractivity contribution in [2.75, 3.05) is 11.9 Å². The molecular weight excluding hydrogens is 516 g/mol. The Morgan fingerprint density at radius 3 is 2.31 bits per heavy atom. The molecular formula is C30H39ClN4O4. The Hall–Kier alpha value is -3.57. The SMILES string of the molecule is CCC(C)C(NC(=O)OC(C)(C)C)C(=O)N(CC#N)C(C(=O)Nc1c(C)cccc1Cl)c1ccc(C)cc1C. The van der Waals surface area contributed by atoms with Crippen LogP contribution in [0.2, 0.25) is 5.02 Å². The minimum atomic E-state index is -1.17. The maximum atomic E-state index is 14.1. The Morgan fingerprint density at radius 2 is 1.77 bits per heavy atom. The third kappa shape index (κ3) is 8.46. The van der Waals surface area contributed by atoms with Crippen molar-refractivity contribution in [1.82, 2.24) is 10.2 Å². The highest BCUT2D eigenvalue weighted by Crippen LogP contribution is 2.31. The summed E-state index contributed by atoms with van der Waals surface area (Å²) >= 11 is 6.39. The molecule has 0 fully saturated rings. The molecule has 0 bridgehead atoms. The molecule has 0 aromatic heterocycles. The first-order valence-electron chi connectivity index (χ1n) is 13.0. The lowest BCUT2D eigenvalue weighted by molar-refractivity contribution is -0.141. The summed E-state index contributed by atoms with van der Waals surface area (Å²) in [6.07, 6.45) is -0.191. The van der Waals surface area contributed by atoms with E-state index in [1.807, 2.05) is 58.9 Å². The van der Waals surface area contributed by atoms with E-state index in [0.717, 1.165) is 16.7 Å². The molecule has 39 heavy (non-hydrogen) atoms. The molecule has 9 heteroatoms. The number of rotatable bonds is 9. The molecule has 3 unspecified atom stereocenters. The van der Waals surface area contributed by atoms with Crippen LogP contribution in [0.5, 0.6) is 0 Å². The van der Waals surface area contributed by atoms with Crippen LogP contribution < -0.4 is 10.6 Å². The number of hydrogen-bond acceptors (Lipinski definition) is 5. The predicted octanol–water partition coefficient (Wildman–Crippen LogP) is 6.24. The number of para-hydroxylation sites is 1. The van der Waals surface area contributed by atoms with Crippen LogP contribution in [-0.2, 0) is 14.3 Å². The Balaban J connectivity index is 2.62. The molecule has 210 valence electrons. The number of nitrogens with zero attached hydrogens (tertiary/aromatic N) is 2. The van der Waals surface area contributed by atoms with Gasteiger partial charge in [0, 0.05) is 0 Å². The van der Waals surface area contributed by atoms with Crippen LogP contribution in [0.25, 0.3) is 0 Å². The molecule has 8 nitrogen and oxygen atoms in total. The van der Waals surface area contributed by atoms with E-state index in [2.05, 4.69) is 10.6 Å². The summed E-state index contributed by atoms with van der Waals surface area (Å²) in [5.74, 6) is -1.39. The Bertz CT molecular complexity index is 1230. The molecule has 0 aliphatic heterocycles. The lowest BCUT2D eigenvalue weighted by Gasteiger charge is -2.35. The number of nitriles is 1. The fraction of sp³-hybridized carbons (Fsp3) is 0.467. The van der Waals surface area contributed by atoms with Crippen molar-refractivity contribution in [2.24, 2.45) is 5.92 Å². The van der Waals surface area contributed by atoms with Crippen LogP contribution >= 0.6 is 11.6 Å². The van der Waals surface area contributed by atoms with Crippen molar-refractivity contribution in [3.05, 3.63) is 63.7 Å². The molecule has 0 heterocycles. The molecule has 3 amide bonds. The molecule has 2 aromatic carbocycles. The molecule has 0 aliphatic carbocycles. The topological polar surface area (TPSA) is 112 Å². The number of benzene rings is 2. The van der Waals surface area contributed by atoms with Crippen LogP contribution in [0.4, 0.5) is 10.5 Å². The van der Waals surface area contributed by atoms with E-state index in [1.54, 1.807) is 39.0 Å². The minimum Gasteiger partial charge on any atom is -0.444 e. The summed E-state index contributed by atoms with van der Waals surface area (Å²) < 4.78 is 5.40. The van der Waals surface area contributed by atoms with Crippen molar-refractivity contribution in [2.45, 2.75) is 79.5 Å². The third-order valence-electron chi connectivity index (χ3n) is 6.43. The van der Waals surface area contributed by atoms with Crippen LogP contribution in [0.1, 0.15) is 69.3 Å². The quantitative estimate of drug-likeness (QED) is 0.356. The zero-order chi connectivity index (χ0) is 29.5. The van der Waals surface area contributed by atoms with Crippen LogP contribution in [0.3, 0.4) is 0 Å². The summed E-state index contributed by atoms with van der Waals surface area (Å²) in [7, 11) is 0. The number of amides is 3. The van der Waals surface area contributed by atoms with Crippen molar-refractivity contribution < 1.29 is 19.1 Å². The van der Waals surface area contributed by atoms with Gasteiger partial charge in [-0.2, -0.15) is 5.26 Å². The molecule has 0 spiro atoms. The first-order valence-corrected chi connectivity index (χ1v) is 13.4. The minimum absolute atomic E-state index is 0.306. The Labute approximate surface area is 236 Å². The number of aryl methyl sites for hydroxylation is 3. The second-order valence-electron chi connectivity index (χ2n) is 10.8. The van der Waals surface area contributed by atoms with Gasteiger partial charge in [0.15, 0.2) is 0 Å². The standard InChI is InChI=1S/C30H39ClN4O4/c1-9-19(3)25(34-29(38)39-30(6,7)8)28(37)35(16-15-32)26(22-14-13-18(2)17-21(22)5)27(36)33-24-20(4)11-10-12-23(24)31/h10-14,17,19,25-26H,9,16H2,1-8H3,(H,33,36)(H,34,38). The maximum absolute atomic E-state index is 14.1. The zero-order valence-electron chi connectivity index (χ0n) is 24.0. The first kappa shape index (κ1) is 31.6. The number of nitrogens with one attached hydrogen (secondary N) is 2. The molecule has 2 rings (SSSR count). The van der Waals surface area contributed by atoms with Crippen LogP contribution in [-0.4, -0.2) is 41.0 Å². The van der Waals surface area contributed by atoms with Crippen molar-refractivity contribution in [1.29, 1.82) is 5.26 Å². The van der Waals surface area contributed by atoms with Gasteiger partial charge in [0.25, 0.3) is 5.91 Å². The summed E-state index contributed by atoms with van der Waals surface area (Å²) in [5, 5.41) is 15.7. The van der Waals surface area contributed by atoms with E-state index >= 15 is 0 Å². The van der Waals surface area contributed by atoms with E-state index in [-0.39, 0.29) is 12.5 Å². The summed E-state index contributed by atoms with van der Waals surface area (Å²) in [5.41, 5.74) is 2.73. The Kier molecular flexibility index (Phi) is 10.9. The molecule has 0 saturated heterocycles. The van der Waals surface area contributed by atoms with Crippen molar-refractivity contribution in [3.8, 4) is 6.07 Å². The monoisotopic (exact) mass is 554 g/mol. The highest BCUT2D eigenvalue weighted by Gasteiger charge is 2.39. The van der Waals surface area contributed by atoms with Crippen LogP contribution in [0, 0.1) is 38.0 Å². The maximum Gasteiger partial charge on any atom is 0.408 e. The number of hydrogen-bond donors (Lipinski definition) is 2. The van der Waals surface area contributed by atoms with Gasteiger partial charge in [-0.3, -0.25) is 9.59 Å². The largest absolute Gasteiger partial charge is 0.444 e. The zero-order valence-corrected chi connectivity index (χ0v) is 24.8. The fourth-order valence-electron chi connectivity index (χ4n) is 4.23. The van der Waals surface area contributed by atoms with Gasteiger partial charge in [0.2, 0.25) is 5.91 Å². The number of anilines is 1. The van der Waals surface area contributed by atoms with E-state index < -0.39 is 35.6 Å². The third-order valence-corrected chi connectivity index (χ3v) is 6.74. The molecule has 2 aromatic rings. The summed E-state index contributed by atoms with van der Waals surface area (Å²) in [6.45, 7) is 14.1. The number of ether oxygens (including phenoxy) is 1. The van der Waals surface area contributed by atoms with Gasteiger partial charge in [-0.05, 0) is 70.2 Å². The van der Waals surface area contributed by atoms with Gasteiger partial charge in [-0.25, -0.2) is 4.79 Å². The van der Waals surface area contributed by atoms with Gasteiger partial charge in [-0.1, -0.05) is 67.8 Å². The van der Waals surface area contributed by atoms with Crippen molar-refractivity contribution in [3.63, 3.8) is 0 Å². The molecule has 2 N–H and O–H groups in total. The first-order chi connectivity index (χ1) is 18.2. The smallest absolute Gasteiger partial charge is 0.408 e. The normalized spacial score (nSPS) is 13.4. The van der Waals surface area contributed by atoms with Gasteiger partial charge in [0.05, 0.1) is 16.8 Å². The number of halogens is 1. The number of carbonyl (C=O) groups excluding carboxylic acids is 3. The highest BCUT2D eigenvalue weighted by molar-refractivity contribution is 6.34. The average molecular weight is 555 g/mol. The highest BCUT2D eigenvalue weighted by atomic mass is 35.5. The molecule has 3 atom stereocenters. The number of alkyl carbamates (subject to hydrolysis) is 1. The Morgan fingerprint density at radius 1 is 1.10 bits per heavy atom. The average Bonchev–Trinajstić information content (AvgIpc) is 2.83. The van der Waals surface area contributed by atoms with Gasteiger partial charge >= 0.3 is 6.09 Å². The number of carbonyl (C=O) groups is 3. The molecule has 0 aliphatic rings. The van der Waals surface area contributed by atoms with E-state index in [0.29, 0.717) is 22.7 Å². The van der Waals surface area contributed by atoms with Crippen LogP contribution in [0.15, 0.2) is 36.4 Å². The van der Waals surface area contributed by atoms with E-state index in [9.17, 15) is 19.6 Å². The second kappa shape index (κ2) is 13.5. The van der Waals surface area contributed by atoms with E-state index in [1.165, 1.54) is 4.90 Å². The molecule has 0 radical (unpaired) electrons. The van der Waals surface area contributed by atoms with E-state index in [4.69, 9.17) is 16.3 Å². The van der Waals surface area contributed by atoms with Gasteiger partial charge in [0.1, 0.15) is 24.2 Å². The fourth-order valence-corrected chi connectivity index (χ4v) is 4.50. The van der Waals surface area contributed by atoms with Crippen molar-refractivity contribution >= 4 is 35.2 Å². The van der Waals surface area contributed by atoms with Gasteiger partial charge in [-0.15, -0.1) is 0 Å².